The Morgan fingerprint density at radius 2 is 2.50 bits per heavy atom. The van der Waals surface area contributed by atoms with Gasteiger partial charge in [-0.05, 0) is 6.42 Å². The fraction of sp³-hybridized carbons (Fsp3) is 0.600. The number of nitriles is 1. The van der Waals surface area contributed by atoms with Crippen LogP contribution < -0.4 is 4.57 Å². The van der Waals surface area contributed by atoms with E-state index < -0.39 is 0 Å². The topological polar surface area (TPSA) is 52.7 Å². The van der Waals surface area contributed by atoms with Crippen molar-refractivity contribution in [1.29, 1.82) is 5.26 Å². The van der Waals surface area contributed by atoms with E-state index in [4.69, 9.17) is 10.00 Å². The summed E-state index contributed by atoms with van der Waals surface area (Å²) in [6.07, 6.45) is 6.36. The number of imidazole rings is 1. The summed E-state index contributed by atoms with van der Waals surface area (Å²) in [4.78, 5) is 3.17. The van der Waals surface area contributed by atoms with Crippen LogP contribution in [0.5, 0.6) is 0 Å². The lowest BCUT2D eigenvalue weighted by atomic mass is 10.2. The van der Waals surface area contributed by atoms with Gasteiger partial charge >= 0.3 is 0 Å². The summed E-state index contributed by atoms with van der Waals surface area (Å²) in [5, 5.41) is 8.42. The second-order valence-corrected chi connectivity index (χ2v) is 3.10. The van der Waals surface area contributed by atoms with Crippen LogP contribution in [-0.2, 0) is 17.7 Å². The third-order valence-corrected chi connectivity index (χ3v) is 2.09. The molecule has 1 N–H and O–H groups in total. The van der Waals surface area contributed by atoms with E-state index in [1.54, 1.807) is 7.11 Å². The van der Waals surface area contributed by atoms with Crippen LogP contribution in [0.4, 0.5) is 0 Å². The second kappa shape index (κ2) is 6.17. The molecule has 1 aromatic rings. The van der Waals surface area contributed by atoms with Gasteiger partial charge in [0.2, 0.25) is 0 Å². The number of H-pyrrole nitrogens is 1. The van der Waals surface area contributed by atoms with E-state index in [0.717, 1.165) is 25.2 Å². The molecule has 0 aromatic carbocycles. The molecule has 1 aromatic heterocycles. The van der Waals surface area contributed by atoms with Crippen LogP contribution in [0.25, 0.3) is 0 Å². The Morgan fingerprint density at radius 1 is 1.64 bits per heavy atom. The normalized spacial score (nSPS) is 10.0. The Labute approximate surface area is 84.1 Å². The first-order valence-electron chi connectivity index (χ1n) is 4.80. The zero-order valence-corrected chi connectivity index (χ0v) is 8.49. The molecule has 0 bridgehead atoms. The van der Waals surface area contributed by atoms with Crippen LogP contribution in [0, 0.1) is 11.3 Å². The number of rotatable bonds is 6. The molecule has 0 unspecified atom stereocenters. The van der Waals surface area contributed by atoms with Crippen LogP contribution in [0.15, 0.2) is 12.4 Å². The van der Waals surface area contributed by atoms with Gasteiger partial charge in [0.05, 0.1) is 19.1 Å². The highest BCUT2D eigenvalue weighted by molar-refractivity contribution is 4.80. The second-order valence-electron chi connectivity index (χ2n) is 3.10. The van der Waals surface area contributed by atoms with Crippen LogP contribution in [0.3, 0.4) is 0 Å². The number of methoxy groups -OCH3 is 1. The SMILES string of the molecule is COCC[n+]1cc[nH]c1CCCC#N. The van der Waals surface area contributed by atoms with Gasteiger partial charge < -0.3 is 4.74 Å². The smallest absolute Gasteiger partial charge is 0.254 e. The molecule has 0 aliphatic rings. The van der Waals surface area contributed by atoms with Crippen molar-refractivity contribution in [2.75, 3.05) is 13.7 Å². The molecule has 0 aliphatic carbocycles. The summed E-state index contributed by atoms with van der Waals surface area (Å²) < 4.78 is 7.13. The van der Waals surface area contributed by atoms with E-state index in [-0.39, 0.29) is 0 Å². The quantitative estimate of drug-likeness (QED) is 0.538. The largest absolute Gasteiger partial charge is 0.381 e. The van der Waals surface area contributed by atoms with E-state index in [2.05, 4.69) is 15.6 Å². The number of aromatic nitrogens is 2. The van der Waals surface area contributed by atoms with E-state index in [9.17, 15) is 0 Å². The minimum absolute atomic E-state index is 0.614. The summed E-state index contributed by atoms with van der Waals surface area (Å²) in [7, 11) is 1.70. The van der Waals surface area contributed by atoms with Gasteiger partial charge in [-0.25, -0.2) is 9.55 Å². The fourth-order valence-electron chi connectivity index (χ4n) is 1.35. The van der Waals surface area contributed by atoms with E-state index in [1.807, 2.05) is 12.4 Å². The molecule has 0 fully saturated rings. The Hall–Kier alpha value is -1.34. The van der Waals surface area contributed by atoms with Crippen molar-refractivity contribution in [2.45, 2.75) is 25.8 Å². The summed E-state index contributed by atoms with van der Waals surface area (Å²) >= 11 is 0. The van der Waals surface area contributed by atoms with Gasteiger partial charge in [0, 0.05) is 13.5 Å². The number of aromatic amines is 1. The Morgan fingerprint density at radius 3 is 3.21 bits per heavy atom. The van der Waals surface area contributed by atoms with Crippen molar-refractivity contribution in [3.8, 4) is 6.07 Å². The average Bonchev–Trinajstić information content (AvgIpc) is 2.63. The number of nitrogens with one attached hydrogen (secondary N) is 1. The van der Waals surface area contributed by atoms with Gasteiger partial charge in [0.15, 0.2) is 0 Å². The maximum atomic E-state index is 8.42. The number of hydrogen-bond donors (Lipinski definition) is 1. The van der Waals surface area contributed by atoms with Gasteiger partial charge in [-0.3, -0.25) is 0 Å². The minimum Gasteiger partial charge on any atom is -0.381 e. The molecule has 0 saturated heterocycles. The lowest BCUT2D eigenvalue weighted by Gasteiger charge is -1.98. The summed E-state index contributed by atoms with van der Waals surface area (Å²) in [6, 6.07) is 2.14. The Balaban J connectivity index is 2.42. The van der Waals surface area contributed by atoms with E-state index in [1.165, 1.54) is 0 Å². The van der Waals surface area contributed by atoms with Crippen molar-refractivity contribution in [3.63, 3.8) is 0 Å². The van der Waals surface area contributed by atoms with Gasteiger partial charge in [-0.15, -0.1) is 0 Å². The maximum Gasteiger partial charge on any atom is 0.254 e. The van der Waals surface area contributed by atoms with Crippen molar-refractivity contribution in [2.24, 2.45) is 0 Å². The van der Waals surface area contributed by atoms with E-state index >= 15 is 0 Å². The molecule has 4 heteroatoms. The first kappa shape index (κ1) is 10.7. The molecule has 0 aliphatic heterocycles. The molecule has 0 radical (unpaired) electrons. The molecule has 0 amide bonds. The third-order valence-electron chi connectivity index (χ3n) is 2.09. The fourth-order valence-corrected chi connectivity index (χ4v) is 1.35. The first-order chi connectivity index (χ1) is 6.88. The predicted molar refractivity (Wildman–Crippen MR) is 51.4 cm³/mol. The zero-order valence-electron chi connectivity index (χ0n) is 8.49. The van der Waals surface area contributed by atoms with Gasteiger partial charge in [-0.2, -0.15) is 5.26 Å². The molecule has 1 rings (SSSR count). The molecule has 14 heavy (non-hydrogen) atoms. The van der Waals surface area contributed by atoms with Crippen molar-refractivity contribution < 1.29 is 9.30 Å². The van der Waals surface area contributed by atoms with Crippen LogP contribution >= 0.6 is 0 Å². The third kappa shape index (κ3) is 3.19. The number of nitrogens with zero attached hydrogens (tertiary/aromatic N) is 2. The Kier molecular flexibility index (Phi) is 4.73. The molecule has 0 saturated carbocycles. The number of aryl methyl sites for hydroxylation is 1. The standard InChI is InChI=1S/C10H15N3O/c1-14-9-8-13-7-6-12-10(13)4-2-3-5-11/h6-7H,2-4,8-9H2,1H3/p+1. The minimum atomic E-state index is 0.614. The van der Waals surface area contributed by atoms with Crippen molar-refractivity contribution >= 4 is 0 Å². The van der Waals surface area contributed by atoms with Crippen molar-refractivity contribution in [3.05, 3.63) is 18.2 Å². The molecule has 0 spiro atoms. The van der Waals surface area contributed by atoms with Gasteiger partial charge in [0.1, 0.15) is 18.9 Å². The summed E-state index contributed by atoms with van der Waals surface area (Å²) in [5.74, 6) is 1.16. The summed E-state index contributed by atoms with van der Waals surface area (Å²) in [5.41, 5.74) is 0. The highest BCUT2D eigenvalue weighted by Crippen LogP contribution is 1.96. The van der Waals surface area contributed by atoms with Crippen molar-refractivity contribution in [1.82, 2.24) is 4.98 Å². The lowest BCUT2D eigenvalue weighted by Crippen LogP contribution is -2.38. The highest BCUT2D eigenvalue weighted by Gasteiger charge is 2.08. The lowest BCUT2D eigenvalue weighted by molar-refractivity contribution is -0.704. The highest BCUT2D eigenvalue weighted by atomic mass is 16.5. The Bertz CT molecular complexity index is 301. The number of ether oxygens (including phenoxy) is 1. The maximum absolute atomic E-state index is 8.42. The van der Waals surface area contributed by atoms with Crippen LogP contribution in [-0.4, -0.2) is 18.7 Å². The molecule has 4 nitrogen and oxygen atoms in total. The molecule has 1 heterocycles. The predicted octanol–water partition coefficient (Wildman–Crippen LogP) is 0.795. The van der Waals surface area contributed by atoms with Gasteiger partial charge in [0.25, 0.3) is 5.82 Å². The number of hydrogen-bond acceptors (Lipinski definition) is 2. The monoisotopic (exact) mass is 194 g/mol. The van der Waals surface area contributed by atoms with Crippen LogP contribution in [0.1, 0.15) is 18.7 Å². The molecule has 76 valence electrons. The number of unbranched alkanes of at least 4 members (excludes halogenated alkanes) is 1. The zero-order chi connectivity index (χ0) is 10.2. The van der Waals surface area contributed by atoms with Gasteiger partial charge in [-0.1, -0.05) is 0 Å². The van der Waals surface area contributed by atoms with E-state index in [0.29, 0.717) is 13.0 Å². The molecular formula is C10H16N3O+. The molecule has 0 atom stereocenters. The molecular weight excluding hydrogens is 178 g/mol. The average molecular weight is 194 g/mol. The first-order valence-corrected chi connectivity index (χ1v) is 4.80. The van der Waals surface area contributed by atoms with Crippen LogP contribution in [0.2, 0.25) is 0 Å². The summed E-state index contributed by atoms with van der Waals surface area (Å²) in [6.45, 7) is 1.58.